The van der Waals surface area contributed by atoms with Crippen LogP contribution in [0.3, 0.4) is 0 Å². The van der Waals surface area contributed by atoms with E-state index in [0.717, 1.165) is 18.4 Å². The van der Waals surface area contributed by atoms with E-state index in [1.165, 1.54) is 11.9 Å². The van der Waals surface area contributed by atoms with Gasteiger partial charge in [-0.15, -0.1) is 12.4 Å². The molecule has 1 saturated heterocycles. The summed E-state index contributed by atoms with van der Waals surface area (Å²) in [5.74, 6) is 0.684. The van der Waals surface area contributed by atoms with Crippen LogP contribution in [-0.2, 0) is 11.3 Å². The largest absolute Gasteiger partial charge is 0.351 e. The van der Waals surface area contributed by atoms with Crippen LogP contribution < -0.4 is 10.6 Å². The quantitative estimate of drug-likeness (QED) is 0.704. The van der Waals surface area contributed by atoms with Gasteiger partial charge >= 0.3 is 0 Å². The third-order valence-electron chi connectivity index (χ3n) is 4.62. The second-order valence-corrected chi connectivity index (χ2v) is 6.30. The molecule has 7 nitrogen and oxygen atoms in total. The Kier molecular flexibility index (Phi) is 6.16. The van der Waals surface area contributed by atoms with Crippen molar-refractivity contribution < 1.29 is 4.79 Å². The minimum absolute atomic E-state index is 0. The van der Waals surface area contributed by atoms with Crippen LogP contribution in [0.4, 0.5) is 0 Å². The molecule has 0 bridgehead atoms. The molecule has 4 rings (SSSR count). The average molecular weight is 385 g/mol. The zero-order chi connectivity index (χ0) is 17.8. The maximum Gasteiger partial charge on any atom is 0.237 e. The van der Waals surface area contributed by atoms with E-state index >= 15 is 0 Å². The number of halogens is 1. The number of nitrogens with one attached hydrogen (secondary N) is 2. The number of benzene rings is 1. The summed E-state index contributed by atoms with van der Waals surface area (Å²) < 4.78 is 1.60. The molecule has 2 aromatic heterocycles. The fraction of sp³-hybridized carbons (Fsp3) is 0.263. The molecular formula is C19H21ClN6O. The summed E-state index contributed by atoms with van der Waals surface area (Å²) >= 11 is 0. The van der Waals surface area contributed by atoms with Crippen LogP contribution >= 0.6 is 12.4 Å². The van der Waals surface area contributed by atoms with E-state index in [0.29, 0.717) is 12.4 Å². The molecule has 140 valence electrons. The molecule has 1 fully saturated rings. The minimum Gasteiger partial charge on any atom is -0.351 e. The molecule has 0 saturated carbocycles. The van der Waals surface area contributed by atoms with Crippen LogP contribution in [0.25, 0.3) is 5.82 Å². The molecule has 0 unspecified atom stereocenters. The van der Waals surface area contributed by atoms with Gasteiger partial charge in [-0.05, 0) is 24.5 Å². The fourth-order valence-corrected chi connectivity index (χ4v) is 3.30. The Labute approximate surface area is 163 Å². The third-order valence-corrected chi connectivity index (χ3v) is 4.62. The molecule has 1 amide bonds. The summed E-state index contributed by atoms with van der Waals surface area (Å²) in [6.07, 6.45) is 6.54. The van der Waals surface area contributed by atoms with Crippen molar-refractivity contribution in [2.45, 2.75) is 31.5 Å². The van der Waals surface area contributed by atoms with Gasteiger partial charge in [-0.25, -0.2) is 14.6 Å². The van der Waals surface area contributed by atoms with Gasteiger partial charge in [0.25, 0.3) is 0 Å². The van der Waals surface area contributed by atoms with Crippen molar-refractivity contribution in [3.05, 3.63) is 72.4 Å². The molecule has 3 aromatic rings. The Morgan fingerprint density at radius 1 is 1.19 bits per heavy atom. The van der Waals surface area contributed by atoms with Crippen molar-refractivity contribution in [3.8, 4) is 5.82 Å². The number of pyridine rings is 1. The molecule has 0 radical (unpaired) electrons. The highest BCUT2D eigenvalue weighted by Crippen LogP contribution is 2.26. The van der Waals surface area contributed by atoms with Gasteiger partial charge in [0.15, 0.2) is 5.82 Å². The number of rotatable bonds is 5. The van der Waals surface area contributed by atoms with Crippen LogP contribution in [-0.4, -0.2) is 31.7 Å². The number of hydrogen-bond donors (Lipinski definition) is 2. The van der Waals surface area contributed by atoms with Gasteiger partial charge in [-0.1, -0.05) is 36.4 Å². The Morgan fingerprint density at radius 3 is 2.81 bits per heavy atom. The first kappa shape index (κ1) is 19.0. The topological polar surface area (TPSA) is 84.7 Å². The second kappa shape index (κ2) is 8.75. The number of carbonyl (C=O) groups excluding carboxylic acids is 1. The maximum absolute atomic E-state index is 12.6. The summed E-state index contributed by atoms with van der Waals surface area (Å²) in [5, 5.41) is 10.6. The predicted molar refractivity (Wildman–Crippen MR) is 104 cm³/mol. The van der Waals surface area contributed by atoms with Crippen molar-refractivity contribution in [1.29, 1.82) is 0 Å². The maximum atomic E-state index is 12.6. The van der Waals surface area contributed by atoms with Crippen LogP contribution in [0.2, 0.25) is 0 Å². The Morgan fingerprint density at radius 2 is 2.04 bits per heavy atom. The summed E-state index contributed by atoms with van der Waals surface area (Å²) in [5.41, 5.74) is 2.12. The molecule has 1 aliphatic heterocycles. The lowest BCUT2D eigenvalue weighted by Gasteiger charge is -2.15. The van der Waals surface area contributed by atoms with Crippen molar-refractivity contribution >= 4 is 18.3 Å². The Balaban J connectivity index is 0.00000210. The monoisotopic (exact) mass is 384 g/mol. The van der Waals surface area contributed by atoms with Gasteiger partial charge < -0.3 is 5.32 Å². The standard InChI is InChI=1S/C19H20N6O.ClH/c26-19(17-9-8-16(24-17)14-5-2-1-3-6-14)22-11-15-7-4-10-21-18(15)25-13-20-12-23-25;/h1-7,10,12-13,16-17,24H,8-9,11H2,(H,22,26);1H/t16-,17-;/m1./s1. The number of aromatic nitrogens is 4. The predicted octanol–water partition coefficient (Wildman–Crippen LogP) is 2.19. The number of hydrogen-bond acceptors (Lipinski definition) is 5. The van der Waals surface area contributed by atoms with E-state index < -0.39 is 0 Å². The smallest absolute Gasteiger partial charge is 0.237 e. The van der Waals surface area contributed by atoms with Gasteiger partial charge in [0.1, 0.15) is 12.7 Å². The van der Waals surface area contributed by atoms with Crippen molar-refractivity contribution in [3.63, 3.8) is 0 Å². The lowest BCUT2D eigenvalue weighted by molar-refractivity contribution is -0.123. The molecule has 0 aliphatic carbocycles. The van der Waals surface area contributed by atoms with Gasteiger partial charge in [-0.2, -0.15) is 5.10 Å². The van der Waals surface area contributed by atoms with E-state index in [-0.39, 0.29) is 30.4 Å². The van der Waals surface area contributed by atoms with Crippen molar-refractivity contribution in [1.82, 2.24) is 30.4 Å². The summed E-state index contributed by atoms with van der Waals surface area (Å²) in [4.78, 5) is 20.9. The molecule has 1 aliphatic rings. The van der Waals surface area contributed by atoms with Crippen molar-refractivity contribution in [2.75, 3.05) is 0 Å². The molecule has 0 spiro atoms. The van der Waals surface area contributed by atoms with Crippen LogP contribution in [0.15, 0.2) is 61.3 Å². The SMILES string of the molecule is Cl.O=C(NCc1cccnc1-n1cncn1)[C@H]1CC[C@H](c2ccccc2)N1. The first-order valence-corrected chi connectivity index (χ1v) is 8.69. The molecule has 1 aromatic carbocycles. The first-order valence-electron chi connectivity index (χ1n) is 8.69. The zero-order valence-corrected chi connectivity index (χ0v) is 15.5. The molecule has 2 N–H and O–H groups in total. The normalized spacial score (nSPS) is 18.7. The van der Waals surface area contributed by atoms with E-state index in [4.69, 9.17) is 0 Å². The van der Waals surface area contributed by atoms with Gasteiger partial charge in [-0.3, -0.25) is 10.1 Å². The number of amides is 1. The summed E-state index contributed by atoms with van der Waals surface area (Å²) in [6, 6.07) is 14.1. The Bertz CT molecular complexity index is 871. The van der Waals surface area contributed by atoms with E-state index in [2.05, 4.69) is 37.8 Å². The van der Waals surface area contributed by atoms with Gasteiger partial charge in [0, 0.05) is 24.3 Å². The third kappa shape index (κ3) is 4.32. The molecule has 2 atom stereocenters. The second-order valence-electron chi connectivity index (χ2n) is 6.30. The van der Waals surface area contributed by atoms with E-state index in [1.54, 1.807) is 17.2 Å². The number of nitrogens with zero attached hydrogens (tertiary/aromatic N) is 4. The molecule has 8 heteroatoms. The average Bonchev–Trinajstić information content (AvgIpc) is 3.39. The van der Waals surface area contributed by atoms with E-state index in [9.17, 15) is 4.79 Å². The Hall–Kier alpha value is -2.77. The van der Waals surface area contributed by atoms with Crippen molar-refractivity contribution in [2.24, 2.45) is 0 Å². The fourth-order valence-electron chi connectivity index (χ4n) is 3.30. The molecule has 3 heterocycles. The van der Waals surface area contributed by atoms with Gasteiger partial charge in [0.2, 0.25) is 5.91 Å². The lowest BCUT2D eigenvalue weighted by Crippen LogP contribution is -2.40. The highest BCUT2D eigenvalue weighted by Gasteiger charge is 2.29. The molecular weight excluding hydrogens is 364 g/mol. The van der Waals surface area contributed by atoms with E-state index in [1.807, 2.05) is 30.3 Å². The summed E-state index contributed by atoms with van der Waals surface area (Å²) in [6.45, 7) is 0.399. The lowest BCUT2D eigenvalue weighted by atomic mass is 10.1. The van der Waals surface area contributed by atoms with Crippen LogP contribution in [0.5, 0.6) is 0 Å². The molecule has 27 heavy (non-hydrogen) atoms. The summed E-state index contributed by atoms with van der Waals surface area (Å²) in [7, 11) is 0. The first-order chi connectivity index (χ1) is 12.8. The van der Waals surface area contributed by atoms with Gasteiger partial charge in [0.05, 0.1) is 6.04 Å². The number of carbonyl (C=O) groups is 1. The highest BCUT2D eigenvalue weighted by atomic mass is 35.5. The zero-order valence-electron chi connectivity index (χ0n) is 14.7. The van der Waals surface area contributed by atoms with Crippen LogP contribution in [0.1, 0.15) is 30.0 Å². The van der Waals surface area contributed by atoms with Crippen LogP contribution in [0, 0.1) is 0 Å². The minimum atomic E-state index is -0.174. The highest BCUT2D eigenvalue weighted by molar-refractivity contribution is 5.85.